The Balaban J connectivity index is 0.00000261. The van der Waals surface area contributed by atoms with Crippen LogP contribution in [0.5, 0.6) is 0 Å². The zero-order valence-corrected chi connectivity index (χ0v) is 17.5. The van der Waals surface area contributed by atoms with Crippen LogP contribution in [0.25, 0.3) is 0 Å². The maximum Gasteiger partial charge on any atom is 0.237 e. The standard InChI is InChI=1S/C20H36N4O2.ClH/c1-15-6-2-3-8-17(15)23-19(25)14-24-11-5-7-16(13-24)12-22-20(26)18-9-4-10-21-18;/h15-18,21H,2-14H2,1H3,(H,22,26)(H,23,25);1H. The molecule has 2 saturated heterocycles. The van der Waals surface area contributed by atoms with Gasteiger partial charge in [0.1, 0.15) is 0 Å². The molecule has 2 amide bonds. The molecule has 3 aliphatic rings. The molecule has 0 bridgehead atoms. The van der Waals surface area contributed by atoms with E-state index < -0.39 is 0 Å². The lowest BCUT2D eigenvalue weighted by molar-refractivity contribution is -0.125. The number of carbonyl (C=O) groups is 2. The molecule has 3 N–H and O–H groups in total. The average molecular weight is 401 g/mol. The molecule has 2 aliphatic heterocycles. The molecule has 2 heterocycles. The van der Waals surface area contributed by atoms with Gasteiger partial charge in [0, 0.05) is 19.1 Å². The highest BCUT2D eigenvalue weighted by Crippen LogP contribution is 2.23. The van der Waals surface area contributed by atoms with Crippen molar-refractivity contribution in [2.24, 2.45) is 11.8 Å². The number of halogens is 1. The predicted molar refractivity (Wildman–Crippen MR) is 110 cm³/mol. The highest BCUT2D eigenvalue weighted by atomic mass is 35.5. The van der Waals surface area contributed by atoms with E-state index >= 15 is 0 Å². The van der Waals surface area contributed by atoms with E-state index in [-0.39, 0.29) is 30.3 Å². The number of carbonyl (C=O) groups excluding carboxylic acids is 2. The van der Waals surface area contributed by atoms with Crippen LogP contribution in [-0.4, -0.2) is 61.5 Å². The highest BCUT2D eigenvalue weighted by Gasteiger charge is 2.27. The van der Waals surface area contributed by atoms with Crippen molar-refractivity contribution < 1.29 is 9.59 Å². The van der Waals surface area contributed by atoms with Crippen molar-refractivity contribution in [3.8, 4) is 0 Å². The number of piperidine rings is 1. The van der Waals surface area contributed by atoms with Gasteiger partial charge in [0.05, 0.1) is 12.6 Å². The Morgan fingerprint density at radius 3 is 2.63 bits per heavy atom. The molecule has 3 rings (SSSR count). The summed E-state index contributed by atoms with van der Waals surface area (Å²) in [6.45, 7) is 6.33. The van der Waals surface area contributed by atoms with Crippen molar-refractivity contribution in [2.75, 3.05) is 32.7 Å². The van der Waals surface area contributed by atoms with E-state index in [4.69, 9.17) is 0 Å². The fraction of sp³-hybridized carbons (Fsp3) is 0.900. The monoisotopic (exact) mass is 400 g/mol. The summed E-state index contributed by atoms with van der Waals surface area (Å²) in [4.78, 5) is 26.8. The third-order valence-corrected chi connectivity index (χ3v) is 6.37. The Bertz CT molecular complexity index is 485. The minimum absolute atomic E-state index is 0. The zero-order valence-electron chi connectivity index (χ0n) is 16.7. The van der Waals surface area contributed by atoms with E-state index in [1.807, 2.05) is 0 Å². The second kappa shape index (κ2) is 11.2. The van der Waals surface area contributed by atoms with Gasteiger partial charge in [0.15, 0.2) is 0 Å². The van der Waals surface area contributed by atoms with Crippen molar-refractivity contribution in [3.63, 3.8) is 0 Å². The van der Waals surface area contributed by atoms with Gasteiger partial charge in [-0.1, -0.05) is 19.8 Å². The van der Waals surface area contributed by atoms with Gasteiger partial charge in [-0.25, -0.2) is 0 Å². The summed E-state index contributed by atoms with van der Waals surface area (Å²) in [5, 5.41) is 9.62. The van der Waals surface area contributed by atoms with Crippen molar-refractivity contribution in [1.82, 2.24) is 20.9 Å². The van der Waals surface area contributed by atoms with Crippen molar-refractivity contribution >= 4 is 24.2 Å². The van der Waals surface area contributed by atoms with Crippen LogP contribution in [0.3, 0.4) is 0 Å². The maximum atomic E-state index is 12.4. The molecule has 1 saturated carbocycles. The maximum absolute atomic E-state index is 12.4. The van der Waals surface area contributed by atoms with Gasteiger partial charge in [-0.3, -0.25) is 14.5 Å². The Kier molecular flexibility index (Phi) is 9.33. The summed E-state index contributed by atoms with van der Waals surface area (Å²) in [5.41, 5.74) is 0. The van der Waals surface area contributed by atoms with Gasteiger partial charge in [0.25, 0.3) is 0 Å². The summed E-state index contributed by atoms with van der Waals surface area (Å²) in [7, 11) is 0. The Hall–Kier alpha value is -0.850. The van der Waals surface area contributed by atoms with Crippen LogP contribution in [0.15, 0.2) is 0 Å². The number of likely N-dealkylation sites (tertiary alicyclic amines) is 1. The largest absolute Gasteiger partial charge is 0.354 e. The molecular weight excluding hydrogens is 364 g/mol. The van der Waals surface area contributed by atoms with Gasteiger partial charge in [-0.2, -0.15) is 0 Å². The molecule has 0 aromatic heterocycles. The zero-order chi connectivity index (χ0) is 18.4. The smallest absolute Gasteiger partial charge is 0.237 e. The lowest BCUT2D eigenvalue weighted by Gasteiger charge is -2.34. The van der Waals surface area contributed by atoms with Crippen LogP contribution in [0, 0.1) is 11.8 Å². The van der Waals surface area contributed by atoms with Crippen molar-refractivity contribution in [3.05, 3.63) is 0 Å². The molecule has 4 unspecified atom stereocenters. The van der Waals surface area contributed by atoms with E-state index in [1.54, 1.807) is 0 Å². The van der Waals surface area contributed by atoms with Gasteiger partial charge in [0.2, 0.25) is 11.8 Å². The number of hydrogen-bond acceptors (Lipinski definition) is 4. The summed E-state index contributed by atoms with van der Waals surface area (Å²) >= 11 is 0. The van der Waals surface area contributed by atoms with E-state index in [2.05, 4.69) is 27.8 Å². The lowest BCUT2D eigenvalue weighted by atomic mass is 9.86. The van der Waals surface area contributed by atoms with Gasteiger partial charge < -0.3 is 16.0 Å². The van der Waals surface area contributed by atoms with E-state index in [1.165, 1.54) is 19.3 Å². The molecule has 27 heavy (non-hydrogen) atoms. The van der Waals surface area contributed by atoms with Crippen LogP contribution in [-0.2, 0) is 9.59 Å². The topological polar surface area (TPSA) is 73.5 Å². The van der Waals surface area contributed by atoms with E-state index in [0.29, 0.717) is 24.4 Å². The number of rotatable bonds is 6. The van der Waals surface area contributed by atoms with Gasteiger partial charge >= 0.3 is 0 Å². The van der Waals surface area contributed by atoms with Gasteiger partial charge in [-0.05, 0) is 63.5 Å². The van der Waals surface area contributed by atoms with E-state index in [9.17, 15) is 9.59 Å². The third-order valence-electron chi connectivity index (χ3n) is 6.37. The van der Waals surface area contributed by atoms with Crippen LogP contribution in [0.4, 0.5) is 0 Å². The van der Waals surface area contributed by atoms with Crippen LogP contribution < -0.4 is 16.0 Å². The minimum atomic E-state index is -0.00189. The third kappa shape index (κ3) is 6.91. The summed E-state index contributed by atoms with van der Waals surface area (Å²) < 4.78 is 0. The predicted octanol–water partition coefficient (Wildman–Crippen LogP) is 1.68. The highest BCUT2D eigenvalue weighted by molar-refractivity contribution is 5.85. The summed E-state index contributed by atoms with van der Waals surface area (Å²) in [5.74, 6) is 1.36. The molecule has 7 heteroatoms. The first kappa shape index (κ1) is 22.4. The minimum Gasteiger partial charge on any atom is -0.354 e. The number of nitrogens with zero attached hydrogens (tertiary/aromatic N) is 1. The fourth-order valence-corrected chi connectivity index (χ4v) is 4.72. The van der Waals surface area contributed by atoms with E-state index in [0.717, 1.165) is 58.3 Å². The molecule has 6 nitrogen and oxygen atoms in total. The second-order valence-electron chi connectivity index (χ2n) is 8.57. The first-order valence-electron chi connectivity index (χ1n) is 10.6. The quantitative estimate of drug-likeness (QED) is 0.634. The summed E-state index contributed by atoms with van der Waals surface area (Å²) in [6.07, 6.45) is 9.15. The molecule has 0 spiro atoms. The lowest BCUT2D eigenvalue weighted by Crippen LogP contribution is -2.49. The first-order chi connectivity index (χ1) is 12.6. The van der Waals surface area contributed by atoms with Gasteiger partial charge in [-0.15, -0.1) is 12.4 Å². The summed E-state index contributed by atoms with van der Waals surface area (Å²) in [6, 6.07) is 0.355. The van der Waals surface area contributed by atoms with Crippen molar-refractivity contribution in [1.29, 1.82) is 0 Å². The Morgan fingerprint density at radius 2 is 1.89 bits per heavy atom. The average Bonchev–Trinajstić information content (AvgIpc) is 3.17. The number of nitrogens with one attached hydrogen (secondary N) is 3. The molecule has 156 valence electrons. The molecule has 0 radical (unpaired) electrons. The molecule has 0 aromatic rings. The SMILES string of the molecule is CC1CCCCC1NC(=O)CN1CCCC(CNC(=O)C2CCCN2)C1.Cl. The Labute approximate surface area is 170 Å². The normalized spacial score (nSPS) is 31.7. The van der Waals surface area contributed by atoms with Crippen LogP contribution >= 0.6 is 12.4 Å². The number of amides is 2. The molecule has 0 aromatic carbocycles. The molecule has 3 fully saturated rings. The first-order valence-corrected chi connectivity index (χ1v) is 10.6. The van der Waals surface area contributed by atoms with Crippen LogP contribution in [0.1, 0.15) is 58.3 Å². The second-order valence-corrected chi connectivity index (χ2v) is 8.57. The fourth-order valence-electron chi connectivity index (χ4n) is 4.72. The molecular formula is C20H37ClN4O2. The Morgan fingerprint density at radius 1 is 1.07 bits per heavy atom. The number of hydrogen-bond donors (Lipinski definition) is 3. The van der Waals surface area contributed by atoms with Crippen LogP contribution in [0.2, 0.25) is 0 Å². The molecule has 4 atom stereocenters. The molecule has 1 aliphatic carbocycles. The van der Waals surface area contributed by atoms with Crippen molar-refractivity contribution in [2.45, 2.75) is 70.4 Å².